The number of rotatable bonds is 5. The lowest BCUT2D eigenvalue weighted by Crippen LogP contribution is -2.42. The number of aliphatic hydroxyl groups is 2. The van der Waals surface area contributed by atoms with Gasteiger partial charge in [0.15, 0.2) is 12.0 Å². The summed E-state index contributed by atoms with van der Waals surface area (Å²) in [4.78, 5) is 11.5. The van der Waals surface area contributed by atoms with Crippen LogP contribution in [0, 0.1) is 23.5 Å². The molecule has 1 fully saturated rings. The van der Waals surface area contributed by atoms with Gasteiger partial charge in [-0.05, 0) is 0 Å². The Hall–Kier alpha value is -3.46. The molecule has 186 valence electrons. The minimum absolute atomic E-state index is 0.0215. The van der Waals surface area contributed by atoms with Crippen molar-refractivity contribution in [3.8, 4) is 17.7 Å². The number of hydrogen-bond donors (Lipinski definition) is 5. The molecule has 1 aliphatic heterocycles. The number of nitrogens with one attached hydrogen (secondary N) is 1. The zero-order valence-corrected chi connectivity index (χ0v) is 18.7. The third-order valence-corrected chi connectivity index (χ3v) is 5.76. The highest BCUT2D eigenvalue weighted by molar-refractivity contribution is 7.87. The number of nitrogens with two attached hydrogens (primary N) is 2. The number of anilines is 1. The number of nitrogens with zero attached hydrogens (tertiary/aromatic N) is 4. The van der Waals surface area contributed by atoms with Crippen molar-refractivity contribution in [2.24, 2.45) is 5.14 Å². The van der Waals surface area contributed by atoms with Crippen molar-refractivity contribution in [1.82, 2.24) is 24.2 Å². The molecule has 3 aromatic heterocycles. The van der Waals surface area contributed by atoms with Crippen LogP contribution in [0.15, 0.2) is 18.7 Å². The van der Waals surface area contributed by atoms with Crippen molar-refractivity contribution < 1.29 is 36.9 Å². The monoisotopic (exact) mass is 511 g/mol. The Kier molecular flexibility index (Phi) is 6.55. The summed E-state index contributed by atoms with van der Waals surface area (Å²) < 4.78 is 64.6. The van der Waals surface area contributed by atoms with Crippen molar-refractivity contribution in [2.45, 2.75) is 24.5 Å². The Balaban J connectivity index is 1.76. The Morgan fingerprint density at radius 3 is 2.69 bits per heavy atom. The highest BCUT2D eigenvalue weighted by Crippen LogP contribution is 2.34. The van der Waals surface area contributed by atoms with E-state index in [1.165, 1.54) is 17.9 Å². The molecule has 1 saturated heterocycles. The van der Waals surface area contributed by atoms with E-state index in [9.17, 15) is 27.4 Å². The minimum atomic E-state index is -4.08. The quantitative estimate of drug-likeness (QED) is 0.251. The van der Waals surface area contributed by atoms with E-state index in [-0.39, 0.29) is 22.4 Å². The fourth-order valence-electron chi connectivity index (χ4n) is 3.56. The van der Waals surface area contributed by atoms with Crippen molar-refractivity contribution in [1.29, 1.82) is 0 Å². The van der Waals surface area contributed by atoms with E-state index in [1.54, 1.807) is 0 Å². The van der Waals surface area contributed by atoms with E-state index in [1.807, 2.05) is 4.72 Å². The number of pyridine rings is 1. The molecule has 3 aromatic rings. The van der Waals surface area contributed by atoms with Crippen LogP contribution in [0.5, 0.6) is 5.88 Å². The summed E-state index contributed by atoms with van der Waals surface area (Å²) in [6.07, 6.45) is -2.19. The molecule has 4 rings (SSSR count). The van der Waals surface area contributed by atoms with Gasteiger partial charge in [0.1, 0.15) is 41.7 Å². The second kappa shape index (κ2) is 9.30. The lowest BCUT2D eigenvalue weighted by Gasteiger charge is -2.17. The van der Waals surface area contributed by atoms with Crippen LogP contribution in [0.1, 0.15) is 17.4 Å². The highest BCUT2D eigenvalue weighted by Gasteiger charge is 2.44. The van der Waals surface area contributed by atoms with Gasteiger partial charge in [-0.3, -0.25) is 0 Å². The Morgan fingerprint density at radius 2 is 2.00 bits per heavy atom. The first-order chi connectivity index (χ1) is 16.5. The number of halogens is 2. The van der Waals surface area contributed by atoms with Crippen LogP contribution in [-0.4, -0.2) is 70.1 Å². The molecule has 1 aliphatic rings. The van der Waals surface area contributed by atoms with Crippen LogP contribution in [0.4, 0.5) is 14.6 Å². The molecule has 0 saturated carbocycles. The maximum atomic E-state index is 14.5. The van der Waals surface area contributed by atoms with Gasteiger partial charge in [-0.25, -0.2) is 24.5 Å². The summed E-state index contributed by atoms with van der Waals surface area (Å²) in [6.45, 7) is -0.418. The highest BCUT2D eigenvalue weighted by atomic mass is 32.2. The first-order valence-electron chi connectivity index (χ1n) is 9.81. The van der Waals surface area contributed by atoms with Gasteiger partial charge in [0.05, 0.1) is 24.3 Å². The minimum Gasteiger partial charge on any atom is -0.479 e. The molecular weight excluding hydrogens is 492 g/mol. The molecule has 0 spiro atoms. The maximum Gasteiger partial charge on any atom is 0.274 e. The van der Waals surface area contributed by atoms with E-state index < -0.39 is 64.4 Å². The van der Waals surface area contributed by atoms with Gasteiger partial charge in [0.25, 0.3) is 16.1 Å². The van der Waals surface area contributed by atoms with Gasteiger partial charge >= 0.3 is 0 Å². The molecule has 35 heavy (non-hydrogen) atoms. The van der Waals surface area contributed by atoms with Gasteiger partial charge in [-0.1, -0.05) is 11.8 Å². The van der Waals surface area contributed by atoms with Gasteiger partial charge in [-0.2, -0.15) is 17.5 Å². The lowest BCUT2D eigenvalue weighted by atomic mass is 10.1. The fraction of sp³-hybridized carbons (Fsp3) is 0.316. The van der Waals surface area contributed by atoms with E-state index in [2.05, 4.69) is 26.8 Å². The predicted octanol–water partition coefficient (Wildman–Crippen LogP) is -1.49. The second-order valence-corrected chi connectivity index (χ2v) is 8.78. The third kappa shape index (κ3) is 4.73. The summed E-state index contributed by atoms with van der Waals surface area (Å²) in [6, 6.07) is 0. The topological polar surface area (TPSA) is 201 Å². The number of ether oxygens (including phenoxy) is 2. The number of hydrogen-bond acceptors (Lipinski definition) is 10. The van der Waals surface area contributed by atoms with Crippen LogP contribution < -0.4 is 20.3 Å². The van der Waals surface area contributed by atoms with Crippen LogP contribution in [0.3, 0.4) is 0 Å². The van der Waals surface area contributed by atoms with Crippen molar-refractivity contribution in [3.63, 3.8) is 0 Å². The first kappa shape index (κ1) is 24.7. The molecule has 16 heteroatoms. The second-order valence-electron chi connectivity index (χ2n) is 7.40. The van der Waals surface area contributed by atoms with Gasteiger partial charge in [0, 0.05) is 12.7 Å². The van der Waals surface area contributed by atoms with Crippen LogP contribution in [0.25, 0.3) is 11.0 Å². The van der Waals surface area contributed by atoms with Gasteiger partial charge in [0.2, 0.25) is 5.82 Å². The molecule has 0 radical (unpaired) electrons. The van der Waals surface area contributed by atoms with Crippen molar-refractivity contribution in [3.05, 3.63) is 41.5 Å². The van der Waals surface area contributed by atoms with E-state index in [4.69, 9.17) is 20.3 Å². The Labute approximate surface area is 196 Å². The van der Waals surface area contributed by atoms with E-state index in [0.29, 0.717) is 0 Å². The third-order valence-electron chi connectivity index (χ3n) is 5.19. The molecule has 4 atom stereocenters. The summed E-state index contributed by atoms with van der Waals surface area (Å²) in [5.74, 6) is 2.38. The fourth-order valence-corrected chi connectivity index (χ4v) is 3.95. The maximum absolute atomic E-state index is 14.5. The normalized spacial score (nSPS) is 22.2. The Morgan fingerprint density at radius 1 is 1.26 bits per heavy atom. The zero-order chi connectivity index (χ0) is 25.5. The average Bonchev–Trinajstić information content (AvgIpc) is 3.30. The van der Waals surface area contributed by atoms with Crippen LogP contribution >= 0.6 is 0 Å². The molecule has 4 heterocycles. The number of methoxy groups -OCH3 is 1. The van der Waals surface area contributed by atoms with Crippen LogP contribution in [0.2, 0.25) is 0 Å². The van der Waals surface area contributed by atoms with Gasteiger partial charge in [-0.15, -0.1) is 0 Å². The zero-order valence-electron chi connectivity index (χ0n) is 17.9. The number of nitrogen functional groups attached to an aromatic ring is 1. The van der Waals surface area contributed by atoms with E-state index in [0.717, 1.165) is 12.5 Å². The smallest absolute Gasteiger partial charge is 0.274 e. The predicted molar refractivity (Wildman–Crippen MR) is 116 cm³/mol. The summed E-state index contributed by atoms with van der Waals surface area (Å²) in [5, 5.41) is 26.0. The Bertz CT molecular complexity index is 1460. The van der Waals surface area contributed by atoms with Gasteiger partial charge < -0.3 is 30.0 Å². The van der Waals surface area contributed by atoms with Crippen molar-refractivity contribution >= 4 is 27.1 Å². The summed E-state index contributed by atoms with van der Waals surface area (Å²) in [5.41, 5.74) is 5.63. The standard InChI is InChI=1S/C19H19F2N7O6S/c1-33-18-13(21)9(10(20)4-24-18)3-2-8-6-28(17-12(8)16(22)25-7-26-17)19-15(30)14(29)11(34-19)5-27-35(23,31)32/h4,6-7,11,14-15,19,27,29-30H,5H2,1H3,(H2,22,25,26)(H2,23,31,32)/t11-,14-,15-,19-/m1/s1. The molecule has 0 aliphatic carbocycles. The largest absolute Gasteiger partial charge is 0.479 e. The molecule has 0 unspecified atom stereocenters. The number of fused-ring (bicyclic) bond motifs is 1. The molecule has 0 aromatic carbocycles. The molecular formula is C19H19F2N7O6S. The molecule has 7 N–H and O–H groups in total. The summed E-state index contributed by atoms with van der Waals surface area (Å²) in [7, 11) is -2.91. The molecule has 0 bridgehead atoms. The average molecular weight is 511 g/mol. The number of aliphatic hydroxyl groups excluding tert-OH is 2. The molecule has 0 amide bonds. The lowest BCUT2D eigenvalue weighted by molar-refractivity contribution is -0.0327. The first-order valence-corrected chi connectivity index (χ1v) is 11.4. The number of aromatic nitrogens is 4. The van der Waals surface area contributed by atoms with Crippen LogP contribution in [-0.2, 0) is 14.9 Å². The molecule has 13 nitrogen and oxygen atoms in total. The van der Waals surface area contributed by atoms with Crippen molar-refractivity contribution in [2.75, 3.05) is 19.4 Å². The SMILES string of the molecule is COc1ncc(F)c(C#Cc2cn([C@@H]3O[C@H](CNS(N)(=O)=O)[C@@H](O)[C@H]3O)c3ncnc(N)c23)c1F. The summed E-state index contributed by atoms with van der Waals surface area (Å²) >= 11 is 0. The van der Waals surface area contributed by atoms with E-state index >= 15 is 0 Å².